The van der Waals surface area contributed by atoms with Gasteiger partial charge in [0.25, 0.3) is 0 Å². The summed E-state index contributed by atoms with van der Waals surface area (Å²) in [6.07, 6.45) is -2.81. The topological polar surface area (TPSA) is 41.6 Å². The van der Waals surface area contributed by atoms with Crippen molar-refractivity contribution in [2.75, 3.05) is 33.8 Å². The SMILES string of the molecule is CCNC(C)(CCCCN(C)CCC(F)(F)F)C(=O)OC. The van der Waals surface area contributed by atoms with Crippen molar-refractivity contribution < 1.29 is 22.7 Å². The number of nitrogens with zero attached hydrogens (tertiary/aromatic N) is 1. The molecule has 0 aromatic rings. The Morgan fingerprint density at radius 1 is 1.19 bits per heavy atom. The molecule has 0 fully saturated rings. The molecule has 0 aliphatic carbocycles. The van der Waals surface area contributed by atoms with Gasteiger partial charge in [-0.2, -0.15) is 13.2 Å². The number of methoxy groups -OCH3 is 1. The van der Waals surface area contributed by atoms with Crippen LogP contribution in [0.2, 0.25) is 0 Å². The van der Waals surface area contributed by atoms with Crippen LogP contribution >= 0.6 is 0 Å². The van der Waals surface area contributed by atoms with E-state index in [4.69, 9.17) is 4.74 Å². The van der Waals surface area contributed by atoms with Crippen molar-refractivity contribution in [3.63, 3.8) is 0 Å². The van der Waals surface area contributed by atoms with E-state index >= 15 is 0 Å². The molecular formula is C14H27F3N2O2. The van der Waals surface area contributed by atoms with E-state index in [9.17, 15) is 18.0 Å². The number of hydrogen-bond donors (Lipinski definition) is 1. The average molecular weight is 312 g/mol. The van der Waals surface area contributed by atoms with E-state index in [2.05, 4.69) is 5.32 Å². The summed E-state index contributed by atoms with van der Waals surface area (Å²) in [6, 6.07) is 0. The quantitative estimate of drug-likeness (QED) is 0.497. The number of alkyl halides is 3. The molecule has 1 atom stereocenters. The van der Waals surface area contributed by atoms with Crippen LogP contribution in [0.4, 0.5) is 13.2 Å². The van der Waals surface area contributed by atoms with Gasteiger partial charge in [0.1, 0.15) is 5.54 Å². The molecular weight excluding hydrogens is 285 g/mol. The summed E-state index contributed by atoms with van der Waals surface area (Å²) in [6.45, 7) is 4.93. The van der Waals surface area contributed by atoms with E-state index in [1.807, 2.05) is 6.92 Å². The lowest BCUT2D eigenvalue weighted by Gasteiger charge is -2.28. The Hall–Kier alpha value is -0.820. The van der Waals surface area contributed by atoms with Crippen LogP contribution in [0.3, 0.4) is 0 Å². The molecule has 1 unspecified atom stereocenters. The third-order valence-electron chi connectivity index (χ3n) is 3.45. The number of carbonyl (C=O) groups is 1. The number of nitrogens with one attached hydrogen (secondary N) is 1. The Balaban J connectivity index is 4.03. The molecule has 0 saturated carbocycles. The lowest BCUT2D eigenvalue weighted by atomic mass is 9.94. The minimum atomic E-state index is -4.11. The summed E-state index contributed by atoms with van der Waals surface area (Å²) < 4.78 is 41.0. The molecule has 126 valence electrons. The Kier molecular flexibility index (Phi) is 8.89. The molecule has 0 rings (SSSR count). The first-order valence-corrected chi connectivity index (χ1v) is 7.23. The van der Waals surface area contributed by atoms with Crippen LogP contribution < -0.4 is 5.32 Å². The van der Waals surface area contributed by atoms with Crippen molar-refractivity contribution in [1.82, 2.24) is 10.2 Å². The van der Waals surface area contributed by atoms with Gasteiger partial charge in [-0.1, -0.05) is 6.92 Å². The van der Waals surface area contributed by atoms with Crippen molar-refractivity contribution >= 4 is 5.97 Å². The first kappa shape index (κ1) is 20.2. The predicted molar refractivity (Wildman–Crippen MR) is 76.1 cm³/mol. The van der Waals surface area contributed by atoms with Crippen LogP contribution in [0.1, 0.15) is 39.5 Å². The van der Waals surface area contributed by atoms with E-state index < -0.39 is 18.1 Å². The number of hydrogen-bond acceptors (Lipinski definition) is 4. The zero-order chi connectivity index (χ0) is 16.5. The van der Waals surface area contributed by atoms with Gasteiger partial charge in [0.2, 0.25) is 0 Å². The number of esters is 1. The maximum atomic E-state index is 12.1. The molecule has 0 amide bonds. The summed E-state index contributed by atoms with van der Waals surface area (Å²) in [5, 5.41) is 3.11. The van der Waals surface area contributed by atoms with Crippen molar-refractivity contribution in [1.29, 1.82) is 0 Å². The monoisotopic (exact) mass is 312 g/mol. The van der Waals surface area contributed by atoms with E-state index in [1.54, 1.807) is 18.9 Å². The van der Waals surface area contributed by atoms with Crippen LogP contribution in [0.25, 0.3) is 0 Å². The second-order valence-corrected chi connectivity index (χ2v) is 5.48. The van der Waals surface area contributed by atoms with Gasteiger partial charge < -0.3 is 15.0 Å². The smallest absolute Gasteiger partial charge is 0.390 e. The Bertz CT molecular complexity index is 311. The highest BCUT2D eigenvalue weighted by atomic mass is 19.4. The maximum absolute atomic E-state index is 12.1. The standard InChI is InChI=1S/C14H27F3N2O2/c1-5-18-13(2,12(20)21-4)8-6-7-10-19(3)11-9-14(15,16)17/h18H,5-11H2,1-4H3. The number of halogens is 3. The summed E-state index contributed by atoms with van der Waals surface area (Å²) in [4.78, 5) is 13.4. The molecule has 0 saturated heterocycles. The Labute approximate surface area is 125 Å². The van der Waals surface area contributed by atoms with Gasteiger partial charge in [-0.15, -0.1) is 0 Å². The zero-order valence-corrected chi connectivity index (χ0v) is 13.3. The van der Waals surface area contributed by atoms with Gasteiger partial charge in [-0.3, -0.25) is 4.79 Å². The molecule has 1 N–H and O–H groups in total. The number of carbonyl (C=O) groups excluding carboxylic acids is 1. The van der Waals surface area contributed by atoms with Crippen molar-refractivity contribution in [3.05, 3.63) is 0 Å². The number of unbranched alkanes of at least 4 members (excludes halogenated alkanes) is 1. The third kappa shape index (κ3) is 8.93. The van der Waals surface area contributed by atoms with Crippen molar-refractivity contribution in [3.8, 4) is 0 Å². The maximum Gasteiger partial charge on any atom is 0.390 e. The number of ether oxygens (including phenoxy) is 1. The van der Waals surface area contributed by atoms with Crippen molar-refractivity contribution in [2.45, 2.75) is 51.2 Å². The van der Waals surface area contributed by atoms with Crippen molar-refractivity contribution in [2.24, 2.45) is 0 Å². The highest BCUT2D eigenvalue weighted by Gasteiger charge is 2.32. The molecule has 0 bridgehead atoms. The predicted octanol–water partition coefficient (Wildman–Crippen LogP) is 2.58. The highest BCUT2D eigenvalue weighted by molar-refractivity contribution is 5.80. The molecule has 0 aromatic carbocycles. The average Bonchev–Trinajstić information content (AvgIpc) is 2.40. The van der Waals surface area contributed by atoms with Crippen LogP contribution in [0.15, 0.2) is 0 Å². The van der Waals surface area contributed by atoms with Gasteiger partial charge in [0.15, 0.2) is 0 Å². The fraction of sp³-hybridized carbons (Fsp3) is 0.929. The fourth-order valence-corrected chi connectivity index (χ4v) is 2.17. The largest absolute Gasteiger partial charge is 0.468 e. The summed E-state index contributed by atoms with van der Waals surface area (Å²) in [5.74, 6) is -0.310. The van der Waals surface area contributed by atoms with Crippen LogP contribution in [-0.2, 0) is 9.53 Å². The van der Waals surface area contributed by atoms with E-state index in [-0.39, 0.29) is 12.5 Å². The van der Waals surface area contributed by atoms with E-state index in [0.29, 0.717) is 19.5 Å². The normalized spacial score (nSPS) is 15.0. The molecule has 0 aliphatic heterocycles. The zero-order valence-electron chi connectivity index (χ0n) is 13.3. The van der Waals surface area contributed by atoms with Crippen LogP contribution in [-0.4, -0.2) is 56.4 Å². The summed E-state index contributed by atoms with van der Waals surface area (Å²) in [7, 11) is 3.03. The second kappa shape index (κ2) is 9.25. The molecule has 4 nitrogen and oxygen atoms in total. The van der Waals surface area contributed by atoms with Gasteiger partial charge in [0, 0.05) is 6.54 Å². The molecule has 0 spiro atoms. The highest BCUT2D eigenvalue weighted by Crippen LogP contribution is 2.20. The Morgan fingerprint density at radius 3 is 2.29 bits per heavy atom. The summed E-state index contributed by atoms with van der Waals surface area (Å²) in [5.41, 5.74) is -0.728. The van der Waals surface area contributed by atoms with Gasteiger partial charge in [-0.05, 0) is 46.3 Å². The van der Waals surface area contributed by atoms with E-state index in [1.165, 1.54) is 7.11 Å². The van der Waals surface area contributed by atoms with Crippen LogP contribution in [0, 0.1) is 0 Å². The molecule has 0 aliphatic rings. The fourth-order valence-electron chi connectivity index (χ4n) is 2.17. The van der Waals surface area contributed by atoms with Gasteiger partial charge in [0.05, 0.1) is 13.5 Å². The Morgan fingerprint density at radius 2 is 1.81 bits per heavy atom. The second-order valence-electron chi connectivity index (χ2n) is 5.48. The third-order valence-corrected chi connectivity index (χ3v) is 3.45. The lowest BCUT2D eigenvalue weighted by Crippen LogP contribution is -2.50. The van der Waals surface area contributed by atoms with Crippen LogP contribution in [0.5, 0.6) is 0 Å². The number of rotatable bonds is 10. The van der Waals surface area contributed by atoms with Gasteiger partial charge >= 0.3 is 12.1 Å². The van der Waals surface area contributed by atoms with E-state index in [0.717, 1.165) is 12.8 Å². The molecule has 7 heteroatoms. The minimum Gasteiger partial charge on any atom is -0.468 e. The molecule has 0 radical (unpaired) electrons. The first-order valence-electron chi connectivity index (χ1n) is 7.23. The first-order chi connectivity index (χ1) is 9.64. The molecule has 21 heavy (non-hydrogen) atoms. The minimum absolute atomic E-state index is 0.00494. The lowest BCUT2D eigenvalue weighted by molar-refractivity contribution is -0.148. The van der Waals surface area contributed by atoms with Gasteiger partial charge in [-0.25, -0.2) is 0 Å². The summed E-state index contributed by atoms with van der Waals surface area (Å²) >= 11 is 0. The molecule has 0 aromatic heterocycles. The molecule has 0 heterocycles. The number of likely N-dealkylation sites (N-methyl/N-ethyl adjacent to an activating group) is 1.